The highest BCUT2D eigenvalue weighted by atomic mass is 32.2. The van der Waals surface area contributed by atoms with Crippen LogP contribution in [0.5, 0.6) is 0 Å². The van der Waals surface area contributed by atoms with E-state index in [0.29, 0.717) is 5.75 Å². The van der Waals surface area contributed by atoms with Gasteiger partial charge in [0.05, 0.1) is 24.8 Å². The summed E-state index contributed by atoms with van der Waals surface area (Å²) in [7, 11) is 0. The Morgan fingerprint density at radius 1 is 1.05 bits per heavy atom. The minimum atomic E-state index is -0.768. The zero-order valence-electron chi connectivity index (χ0n) is 12.3. The maximum atomic E-state index is 11.9. The molecule has 7 nitrogen and oxygen atoms in total. The van der Waals surface area contributed by atoms with Crippen molar-refractivity contribution in [3.8, 4) is 0 Å². The van der Waals surface area contributed by atoms with E-state index < -0.39 is 23.9 Å². The van der Waals surface area contributed by atoms with Crippen molar-refractivity contribution in [3.05, 3.63) is 10.6 Å². The number of hydrogen-bond donors (Lipinski definition) is 1. The van der Waals surface area contributed by atoms with Crippen LogP contribution in [0.25, 0.3) is 0 Å². The Morgan fingerprint density at radius 2 is 1.57 bits per heavy atom. The van der Waals surface area contributed by atoms with Crippen molar-refractivity contribution in [2.45, 2.75) is 26.8 Å². The fraction of sp³-hybridized carbons (Fsp3) is 0.615. The number of esters is 3. The van der Waals surface area contributed by atoms with Crippen molar-refractivity contribution in [3.63, 3.8) is 0 Å². The van der Waals surface area contributed by atoms with Gasteiger partial charge in [0.15, 0.2) is 5.57 Å². The van der Waals surface area contributed by atoms with Crippen LogP contribution >= 0.6 is 11.8 Å². The van der Waals surface area contributed by atoms with Crippen LogP contribution < -0.4 is 5.32 Å². The molecule has 0 saturated carbocycles. The summed E-state index contributed by atoms with van der Waals surface area (Å²) >= 11 is 1.19. The first-order valence-electron chi connectivity index (χ1n) is 6.69. The van der Waals surface area contributed by atoms with Crippen LogP contribution in [-0.4, -0.2) is 49.5 Å². The molecular formula is C13H19NO6S. The zero-order chi connectivity index (χ0) is 15.8. The van der Waals surface area contributed by atoms with Gasteiger partial charge in [0.2, 0.25) is 0 Å². The molecule has 0 spiro atoms. The Hall–Kier alpha value is -1.70. The van der Waals surface area contributed by atoms with E-state index in [4.69, 9.17) is 14.2 Å². The van der Waals surface area contributed by atoms with Crippen LogP contribution in [0.1, 0.15) is 20.8 Å². The summed E-state index contributed by atoms with van der Waals surface area (Å²) < 4.78 is 14.6. The molecule has 1 aliphatic rings. The Kier molecular flexibility index (Phi) is 7.07. The lowest BCUT2D eigenvalue weighted by Crippen LogP contribution is -2.35. The van der Waals surface area contributed by atoms with Crippen molar-refractivity contribution in [1.82, 2.24) is 5.32 Å². The quantitative estimate of drug-likeness (QED) is 0.250. The first-order valence-corrected chi connectivity index (χ1v) is 7.68. The van der Waals surface area contributed by atoms with E-state index >= 15 is 0 Å². The molecule has 8 heteroatoms. The molecule has 0 bridgehead atoms. The predicted octanol–water partition coefficient (Wildman–Crippen LogP) is 0.592. The van der Waals surface area contributed by atoms with E-state index in [1.165, 1.54) is 11.8 Å². The van der Waals surface area contributed by atoms with Gasteiger partial charge in [-0.2, -0.15) is 0 Å². The smallest absolute Gasteiger partial charge is 0.348 e. The largest absolute Gasteiger partial charge is 0.464 e. The van der Waals surface area contributed by atoms with Gasteiger partial charge in [-0.05, 0) is 20.8 Å². The molecule has 1 aliphatic heterocycles. The van der Waals surface area contributed by atoms with Gasteiger partial charge in [-0.1, -0.05) is 0 Å². The van der Waals surface area contributed by atoms with Gasteiger partial charge in [0.25, 0.3) is 0 Å². The Bertz CT molecular complexity index is 428. The van der Waals surface area contributed by atoms with Gasteiger partial charge in [0.1, 0.15) is 6.04 Å². The molecular weight excluding hydrogens is 298 g/mol. The fourth-order valence-corrected chi connectivity index (χ4v) is 2.69. The maximum absolute atomic E-state index is 11.9. The van der Waals surface area contributed by atoms with E-state index in [9.17, 15) is 14.4 Å². The van der Waals surface area contributed by atoms with Gasteiger partial charge in [0, 0.05) is 5.75 Å². The van der Waals surface area contributed by atoms with Crippen molar-refractivity contribution < 1.29 is 28.6 Å². The molecule has 1 rings (SSSR count). The fourth-order valence-electron chi connectivity index (χ4n) is 1.60. The van der Waals surface area contributed by atoms with Crippen molar-refractivity contribution >= 4 is 29.7 Å². The standard InChI is InChI=1S/C13H19NO6S/c1-4-18-11(15)8-7-21-10(14-8)9(12(16)19-5-2)13(17)20-6-3/h8,14H,4-7H2,1-3H3. The van der Waals surface area contributed by atoms with E-state index in [1.54, 1.807) is 20.8 Å². The van der Waals surface area contributed by atoms with Gasteiger partial charge in [-0.15, -0.1) is 11.8 Å². The van der Waals surface area contributed by atoms with Crippen LogP contribution in [0.15, 0.2) is 10.6 Å². The normalized spacial score (nSPS) is 16.9. The first-order chi connectivity index (χ1) is 10.0. The third-order valence-electron chi connectivity index (χ3n) is 2.46. The van der Waals surface area contributed by atoms with Gasteiger partial charge in [-0.25, -0.2) is 14.4 Å². The van der Waals surface area contributed by atoms with E-state index in [1.807, 2.05) is 0 Å². The second-order valence-electron chi connectivity index (χ2n) is 3.91. The number of nitrogens with one attached hydrogen (secondary N) is 1. The highest BCUT2D eigenvalue weighted by Crippen LogP contribution is 2.27. The number of carbonyl (C=O) groups excluding carboxylic acids is 3. The minimum absolute atomic E-state index is 0.140. The molecule has 0 aromatic rings. The van der Waals surface area contributed by atoms with Crippen LogP contribution in [0, 0.1) is 0 Å². The Morgan fingerprint density at radius 3 is 2.05 bits per heavy atom. The highest BCUT2D eigenvalue weighted by Gasteiger charge is 2.34. The Balaban J connectivity index is 2.94. The number of hydrogen-bond acceptors (Lipinski definition) is 8. The number of rotatable bonds is 6. The molecule has 0 amide bonds. The van der Waals surface area contributed by atoms with E-state index in [0.717, 1.165) is 0 Å². The average Bonchev–Trinajstić information content (AvgIpc) is 2.89. The summed E-state index contributed by atoms with van der Waals surface area (Å²) in [5.41, 5.74) is -0.213. The maximum Gasteiger partial charge on any atom is 0.348 e. The van der Waals surface area contributed by atoms with E-state index in [-0.39, 0.29) is 30.4 Å². The second-order valence-corrected chi connectivity index (χ2v) is 4.94. The lowest BCUT2D eigenvalue weighted by Gasteiger charge is -2.11. The lowest BCUT2D eigenvalue weighted by molar-refractivity contribution is -0.147. The topological polar surface area (TPSA) is 90.9 Å². The van der Waals surface area contributed by atoms with Crippen LogP contribution in [0.3, 0.4) is 0 Å². The molecule has 1 unspecified atom stereocenters. The second kappa shape index (κ2) is 8.56. The molecule has 0 radical (unpaired) electrons. The van der Waals surface area contributed by atoms with E-state index in [2.05, 4.69) is 5.32 Å². The van der Waals surface area contributed by atoms with Gasteiger partial charge < -0.3 is 19.5 Å². The highest BCUT2D eigenvalue weighted by molar-refractivity contribution is 8.03. The van der Waals surface area contributed by atoms with Gasteiger partial charge in [-0.3, -0.25) is 0 Å². The third kappa shape index (κ3) is 4.66. The third-order valence-corrected chi connectivity index (χ3v) is 3.57. The summed E-state index contributed by atoms with van der Waals surface area (Å²) in [5, 5.41) is 3.10. The number of thioether (sulfide) groups is 1. The SMILES string of the molecule is CCOC(=O)C(C(=O)OCC)=C1NC(C(=O)OCC)CS1. The summed E-state index contributed by atoms with van der Waals surface area (Å²) in [6, 6.07) is -0.594. The zero-order valence-corrected chi connectivity index (χ0v) is 13.1. The summed E-state index contributed by atoms with van der Waals surface area (Å²) in [4.78, 5) is 35.4. The molecule has 0 aromatic carbocycles. The summed E-state index contributed by atoms with van der Waals surface area (Å²) in [6.45, 7) is 5.54. The molecule has 1 heterocycles. The average molecular weight is 317 g/mol. The molecule has 118 valence electrons. The molecule has 1 fully saturated rings. The monoisotopic (exact) mass is 317 g/mol. The summed E-state index contributed by atoms with van der Waals surface area (Å²) in [6.07, 6.45) is 0. The predicted molar refractivity (Wildman–Crippen MR) is 76.3 cm³/mol. The van der Waals surface area contributed by atoms with Crippen LogP contribution in [-0.2, 0) is 28.6 Å². The molecule has 0 aliphatic carbocycles. The van der Waals surface area contributed by atoms with Gasteiger partial charge >= 0.3 is 17.9 Å². The van der Waals surface area contributed by atoms with Crippen molar-refractivity contribution in [2.24, 2.45) is 0 Å². The minimum Gasteiger partial charge on any atom is -0.464 e. The summed E-state index contributed by atoms with van der Waals surface area (Å²) in [5.74, 6) is -1.59. The first kappa shape index (κ1) is 17.4. The lowest BCUT2D eigenvalue weighted by atomic mass is 10.2. The molecule has 1 saturated heterocycles. The Labute approximate surface area is 127 Å². The molecule has 1 N–H and O–H groups in total. The molecule has 21 heavy (non-hydrogen) atoms. The number of carbonyl (C=O) groups is 3. The number of ether oxygens (including phenoxy) is 3. The van der Waals surface area contributed by atoms with Crippen molar-refractivity contribution in [2.75, 3.05) is 25.6 Å². The molecule has 0 aromatic heterocycles. The van der Waals surface area contributed by atoms with Crippen LogP contribution in [0.4, 0.5) is 0 Å². The van der Waals surface area contributed by atoms with Crippen LogP contribution in [0.2, 0.25) is 0 Å². The van der Waals surface area contributed by atoms with Crippen molar-refractivity contribution in [1.29, 1.82) is 0 Å². The molecule has 1 atom stereocenters.